The molecular weight excluding hydrogens is 584 g/mol. The summed E-state index contributed by atoms with van der Waals surface area (Å²) in [4.78, 5) is 42.1. The molecule has 3 aliphatic rings. The van der Waals surface area contributed by atoms with E-state index in [1.54, 1.807) is 0 Å². The molecule has 46 heavy (non-hydrogen) atoms. The van der Waals surface area contributed by atoms with Crippen molar-refractivity contribution in [1.82, 2.24) is 30.2 Å². The Morgan fingerprint density at radius 1 is 1.00 bits per heavy atom. The number of imidazole rings is 2. The van der Waals surface area contributed by atoms with E-state index >= 15 is 0 Å². The molecular formula is C35H40N6O5. The zero-order valence-electron chi connectivity index (χ0n) is 26.4. The van der Waals surface area contributed by atoms with Crippen LogP contribution >= 0.6 is 0 Å². The zero-order valence-corrected chi connectivity index (χ0v) is 26.4. The molecule has 1 unspecified atom stereocenters. The summed E-state index contributed by atoms with van der Waals surface area (Å²) in [6, 6.07) is 14.3. The van der Waals surface area contributed by atoms with Gasteiger partial charge in [-0.1, -0.05) is 36.8 Å². The van der Waals surface area contributed by atoms with Gasteiger partial charge in [0.2, 0.25) is 0 Å². The summed E-state index contributed by atoms with van der Waals surface area (Å²) in [6.45, 7) is 6.62. The van der Waals surface area contributed by atoms with Crippen LogP contribution < -0.4 is 10.1 Å². The Hall–Kier alpha value is -4.80. The predicted octanol–water partition coefficient (Wildman–Crippen LogP) is 7.04. The van der Waals surface area contributed by atoms with Gasteiger partial charge in [-0.25, -0.2) is 19.6 Å². The van der Waals surface area contributed by atoms with Crippen LogP contribution in [-0.2, 0) is 11.2 Å². The van der Waals surface area contributed by atoms with Crippen molar-refractivity contribution < 1.29 is 24.2 Å². The number of ether oxygens (including phenoxy) is 2. The van der Waals surface area contributed by atoms with Gasteiger partial charge in [0, 0.05) is 30.5 Å². The number of nitrogens with zero attached hydrogens (tertiary/aromatic N) is 3. The van der Waals surface area contributed by atoms with Gasteiger partial charge in [-0.3, -0.25) is 4.90 Å². The van der Waals surface area contributed by atoms with Gasteiger partial charge in [0.15, 0.2) is 0 Å². The minimum Gasteiger partial charge on any atom is -0.492 e. The molecule has 4 heterocycles. The van der Waals surface area contributed by atoms with Crippen LogP contribution in [0.1, 0.15) is 82.2 Å². The highest BCUT2D eigenvalue weighted by Gasteiger charge is 2.34. The van der Waals surface area contributed by atoms with E-state index in [1.165, 1.54) is 4.90 Å². The van der Waals surface area contributed by atoms with Crippen molar-refractivity contribution in [2.45, 2.75) is 82.9 Å². The lowest BCUT2D eigenvalue weighted by molar-refractivity contribution is 0.0500. The molecule has 2 aromatic heterocycles. The van der Waals surface area contributed by atoms with E-state index in [0.29, 0.717) is 25.4 Å². The number of carbonyl (C=O) groups is 2. The molecule has 4 aromatic rings. The largest absolute Gasteiger partial charge is 0.492 e. The number of carboxylic acid groups (broad SMARTS) is 1. The lowest BCUT2D eigenvalue weighted by Crippen LogP contribution is -2.40. The van der Waals surface area contributed by atoms with Crippen molar-refractivity contribution in [1.29, 1.82) is 0 Å². The molecule has 0 bridgehead atoms. The van der Waals surface area contributed by atoms with Gasteiger partial charge in [0.1, 0.15) is 23.0 Å². The Labute approximate surface area is 267 Å². The summed E-state index contributed by atoms with van der Waals surface area (Å²) in [7, 11) is 0. The Kier molecular flexibility index (Phi) is 7.70. The number of likely N-dealkylation sites (tertiary alicyclic amines) is 1. The van der Waals surface area contributed by atoms with Gasteiger partial charge in [0.25, 0.3) is 0 Å². The first kappa shape index (κ1) is 29.9. The summed E-state index contributed by atoms with van der Waals surface area (Å²) in [6.07, 6.45) is 5.69. The third kappa shape index (κ3) is 5.93. The van der Waals surface area contributed by atoms with Crippen molar-refractivity contribution in [2.75, 3.05) is 13.2 Å². The molecule has 3 atom stereocenters. The number of benzene rings is 2. The van der Waals surface area contributed by atoms with Crippen LogP contribution in [0.15, 0.2) is 48.7 Å². The van der Waals surface area contributed by atoms with Crippen LogP contribution in [0.25, 0.3) is 33.6 Å². The summed E-state index contributed by atoms with van der Waals surface area (Å²) in [5, 5.41) is 12.7. The van der Waals surface area contributed by atoms with Crippen LogP contribution in [0.3, 0.4) is 0 Å². The van der Waals surface area contributed by atoms with Crippen molar-refractivity contribution in [3.63, 3.8) is 0 Å². The molecule has 7 rings (SSSR count). The third-order valence-corrected chi connectivity index (χ3v) is 9.15. The van der Waals surface area contributed by atoms with Gasteiger partial charge >= 0.3 is 12.2 Å². The average molecular weight is 625 g/mol. The molecule has 2 aromatic carbocycles. The van der Waals surface area contributed by atoms with Crippen molar-refractivity contribution in [3.8, 4) is 39.4 Å². The Bertz CT molecular complexity index is 1750. The topological polar surface area (TPSA) is 145 Å². The van der Waals surface area contributed by atoms with Crippen LogP contribution in [0, 0.1) is 0 Å². The quantitative estimate of drug-likeness (QED) is 0.186. The number of amides is 2. The summed E-state index contributed by atoms with van der Waals surface area (Å²) in [5.41, 5.74) is 6.26. The zero-order chi connectivity index (χ0) is 32.0. The van der Waals surface area contributed by atoms with Crippen molar-refractivity contribution in [2.24, 2.45) is 0 Å². The average Bonchev–Trinajstić information content (AvgIpc) is 3.82. The first-order valence-corrected chi connectivity index (χ1v) is 16.1. The lowest BCUT2D eigenvalue weighted by Gasteiger charge is -2.24. The number of nitrogens with one attached hydrogen (secondary N) is 3. The number of rotatable bonds is 5. The van der Waals surface area contributed by atoms with E-state index < -0.39 is 11.7 Å². The second-order valence-corrected chi connectivity index (χ2v) is 13.4. The van der Waals surface area contributed by atoms with Gasteiger partial charge in [-0.05, 0) is 75.3 Å². The number of aromatic nitrogens is 4. The summed E-state index contributed by atoms with van der Waals surface area (Å²) in [5.74, 6) is 2.48. The van der Waals surface area contributed by atoms with Gasteiger partial charge in [-0.15, -0.1) is 0 Å². The fourth-order valence-corrected chi connectivity index (χ4v) is 6.99. The summed E-state index contributed by atoms with van der Waals surface area (Å²) >= 11 is 0. The fraction of sp³-hybridized carbons (Fsp3) is 0.429. The molecule has 1 saturated heterocycles. The molecule has 240 valence electrons. The van der Waals surface area contributed by atoms with Crippen LogP contribution in [0.5, 0.6) is 5.75 Å². The van der Waals surface area contributed by atoms with Crippen molar-refractivity contribution in [3.05, 3.63) is 66.0 Å². The molecule has 0 radical (unpaired) electrons. The van der Waals surface area contributed by atoms with Gasteiger partial charge in [-0.2, -0.15) is 0 Å². The maximum atomic E-state index is 12.4. The van der Waals surface area contributed by atoms with E-state index in [1.807, 2.05) is 27.0 Å². The number of hydrogen-bond donors (Lipinski definition) is 4. The lowest BCUT2D eigenvalue weighted by atomic mass is 9.99. The Morgan fingerprint density at radius 2 is 1.78 bits per heavy atom. The molecule has 11 heteroatoms. The predicted molar refractivity (Wildman–Crippen MR) is 173 cm³/mol. The SMILES string of the molecule is CC(C)(C)OC(=O)N[C@@H]1CCC[C@H]1c1ncc(-c2ccc(-c3ccc4c(c3)OCCc3nc(C5CCCN5C(=O)O)[nH]c3-4)cc2)[nH]1. The highest BCUT2D eigenvalue weighted by atomic mass is 16.6. The van der Waals surface area contributed by atoms with E-state index in [4.69, 9.17) is 19.4 Å². The van der Waals surface area contributed by atoms with Crippen LogP contribution in [-0.4, -0.2) is 66.9 Å². The smallest absolute Gasteiger partial charge is 0.407 e. The normalized spacial score (nSPS) is 20.8. The number of carbonyl (C=O) groups excluding carboxylic acids is 1. The number of H-pyrrole nitrogens is 2. The number of fused-ring (bicyclic) bond motifs is 3. The van der Waals surface area contributed by atoms with Gasteiger partial charge in [0.05, 0.1) is 35.9 Å². The van der Waals surface area contributed by atoms with E-state index in [9.17, 15) is 14.7 Å². The van der Waals surface area contributed by atoms with Crippen molar-refractivity contribution >= 4 is 12.2 Å². The second-order valence-electron chi connectivity index (χ2n) is 13.4. The van der Waals surface area contributed by atoms with E-state index in [2.05, 4.69) is 57.7 Å². The maximum Gasteiger partial charge on any atom is 0.407 e. The molecule has 2 aliphatic heterocycles. The third-order valence-electron chi connectivity index (χ3n) is 9.15. The first-order chi connectivity index (χ1) is 22.1. The highest BCUT2D eigenvalue weighted by Crippen LogP contribution is 2.40. The summed E-state index contributed by atoms with van der Waals surface area (Å²) < 4.78 is 11.6. The number of aromatic amines is 2. The molecule has 11 nitrogen and oxygen atoms in total. The molecule has 4 N–H and O–H groups in total. The first-order valence-electron chi connectivity index (χ1n) is 16.1. The minimum atomic E-state index is -0.906. The minimum absolute atomic E-state index is 0.0155. The van der Waals surface area contributed by atoms with Gasteiger partial charge < -0.3 is 29.9 Å². The maximum absolute atomic E-state index is 12.4. The van der Waals surface area contributed by atoms with E-state index in [0.717, 1.165) is 83.0 Å². The molecule has 2 amide bonds. The second kappa shape index (κ2) is 11.9. The molecule has 1 aliphatic carbocycles. The van der Waals surface area contributed by atoms with E-state index in [-0.39, 0.29) is 24.1 Å². The highest BCUT2D eigenvalue weighted by molar-refractivity contribution is 5.77. The molecule has 2 fully saturated rings. The Balaban J connectivity index is 1.07. The monoisotopic (exact) mass is 624 g/mol. The van der Waals surface area contributed by atoms with Crippen LogP contribution in [0.4, 0.5) is 9.59 Å². The standard InChI is InChI=1S/C35H40N6O5/c1-35(2,3)46-33(42)39-25-7-4-6-23(25)31-36-19-27(38-31)21-11-9-20(10-12-21)22-13-14-24-29(18-22)45-17-15-26-30(24)40-32(37-26)28-8-5-16-41(28)34(43)44/h9-14,18-19,23,25,28H,4-8,15-17H2,1-3H3,(H,36,38)(H,37,40)(H,39,42)(H,43,44)/t23-,25-,28?/m1/s1. The molecule has 0 spiro atoms. The van der Waals surface area contributed by atoms with Crippen LogP contribution in [0.2, 0.25) is 0 Å². The number of alkyl carbamates (subject to hydrolysis) is 1. The Morgan fingerprint density at radius 3 is 2.57 bits per heavy atom. The number of hydrogen-bond acceptors (Lipinski definition) is 6. The molecule has 1 saturated carbocycles. The fourth-order valence-electron chi connectivity index (χ4n) is 6.99.